The van der Waals surface area contributed by atoms with Crippen molar-refractivity contribution in [1.29, 1.82) is 0 Å². The van der Waals surface area contributed by atoms with Gasteiger partial charge in [-0.1, -0.05) is 80.9 Å². The highest BCUT2D eigenvalue weighted by atomic mass is 16.6. The van der Waals surface area contributed by atoms with Gasteiger partial charge in [-0.15, -0.1) is 0 Å². The summed E-state index contributed by atoms with van der Waals surface area (Å²) in [6.07, 6.45) is -0.00905. The van der Waals surface area contributed by atoms with Crippen LogP contribution >= 0.6 is 0 Å². The van der Waals surface area contributed by atoms with Crippen LogP contribution < -0.4 is 10.6 Å². The summed E-state index contributed by atoms with van der Waals surface area (Å²) in [6.45, 7) is 15.2. The van der Waals surface area contributed by atoms with Gasteiger partial charge in [-0.05, 0) is 58.6 Å². The second-order valence-electron chi connectivity index (χ2n) is 11.4. The highest BCUT2D eigenvalue weighted by molar-refractivity contribution is 5.92. The van der Waals surface area contributed by atoms with E-state index in [1.54, 1.807) is 25.7 Å². The number of rotatable bonds is 9. The molecular formula is C30H43N3O4. The van der Waals surface area contributed by atoms with E-state index < -0.39 is 29.3 Å². The van der Waals surface area contributed by atoms with Crippen LogP contribution in [0, 0.1) is 5.92 Å². The lowest BCUT2D eigenvalue weighted by Crippen LogP contribution is -2.60. The average Bonchev–Trinajstić information content (AvgIpc) is 2.82. The van der Waals surface area contributed by atoms with Crippen molar-refractivity contribution in [3.63, 3.8) is 0 Å². The first-order valence-corrected chi connectivity index (χ1v) is 12.9. The molecule has 0 spiro atoms. The number of hydrogen-bond donors (Lipinski definition) is 2. The maximum Gasteiger partial charge on any atom is 0.408 e. The molecule has 0 fully saturated rings. The quantitative estimate of drug-likeness (QED) is 0.460. The van der Waals surface area contributed by atoms with Crippen LogP contribution in [0.4, 0.5) is 4.79 Å². The van der Waals surface area contributed by atoms with E-state index in [9.17, 15) is 14.4 Å². The number of nitrogens with zero attached hydrogens (tertiary/aromatic N) is 1. The summed E-state index contributed by atoms with van der Waals surface area (Å²) >= 11 is 0. The summed E-state index contributed by atoms with van der Waals surface area (Å²) in [4.78, 5) is 42.3. The third-order valence-electron chi connectivity index (χ3n) is 6.04. The molecule has 0 saturated carbocycles. The van der Waals surface area contributed by atoms with Crippen molar-refractivity contribution in [3.8, 4) is 0 Å². The lowest BCUT2D eigenvalue weighted by atomic mass is 9.91. The number of benzene rings is 2. The molecule has 2 aromatic rings. The largest absolute Gasteiger partial charge is 0.444 e. The zero-order chi connectivity index (χ0) is 27.8. The second kappa shape index (κ2) is 12.7. The summed E-state index contributed by atoms with van der Waals surface area (Å²) in [7, 11) is 0. The Hall–Kier alpha value is -3.35. The van der Waals surface area contributed by atoms with Gasteiger partial charge in [0, 0.05) is 12.1 Å². The SMILES string of the molecule is CCC(C)C(NC(=O)OC(C)(C)C)C(=O)N(C(C(=O)NCc1ccccc1)c1ccccc1)C(C)(C)C. The molecule has 2 aromatic carbocycles. The van der Waals surface area contributed by atoms with Gasteiger partial charge < -0.3 is 20.3 Å². The number of ether oxygens (including phenoxy) is 1. The molecule has 0 aliphatic heterocycles. The lowest BCUT2D eigenvalue weighted by molar-refractivity contribution is -0.149. The predicted molar refractivity (Wildman–Crippen MR) is 147 cm³/mol. The van der Waals surface area contributed by atoms with Gasteiger partial charge in [0.15, 0.2) is 0 Å². The van der Waals surface area contributed by atoms with Crippen molar-refractivity contribution in [2.24, 2.45) is 5.92 Å². The molecule has 0 aromatic heterocycles. The fourth-order valence-corrected chi connectivity index (χ4v) is 4.05. The molecule has 2 N–H and O–H groups in total. The molecule has 7 heteroatoms. The third kappa shape index (κ3) is 8.92. The lowest BCUT2D eigenvalue weighted by Gasteiger charge is -2.43. The van der Waals surface area contributed by atoms with Gasteiger partial charge in [0.25, 0.3) is 0 Å². The number of carbonyl (C=O) groups is 3. The summed E-state index contributed by atoms with van der Waals surface area (Å²) in [5.74, 6) is -0.816. The zero-order valence-corrected chi connectivity index (χ0v) is 23.5. The van der Waals surface area contributed by atoms with Gasteiger partial charge in [-0.3, -0.25) is 9.59 Å². The first kappa shape index (κ1) is 29.9. The van der Waals surface area contributed by atoms with Crippen molar-refractivity contribution in [2.75, 3.05) is 0 Å². The maximum atomic E-state index is 14.3. The molecule has 3 atom stereocenters. The molecule has 3 unspecified atom stereocenters. The van der Waals surface area contributed by atoms with E-state index in [-0.39, 0.29) is 17.7 Å². The Kier molecular flexibility index (Phi) is 10.3. The maximum absolute atomic E-state index is 14.3. The molecule has 2 rings (SSSR count). The predicted octanol–water partition coefficient (Wildman–Crippen LogP) is 5.61. The van der Waals surface area contributed by atoms with Crippen LogP contribution in [0.3, 0.4) is 0 Å². The highest BCUT2D eigenvalue weighted by Gasteiger charge is 2.43. The van der Waals surface area contributed by atoms with Gasteiger partial charge in [0.2, 0.25) is 11.8 Å². The number of nitrogens with one attached hydrogen (secondary N) is 2. The normalized spacial score (nSPS) is 14.2. The van der Waals surface area contributed by atoms with Crippen LogP contribution in [0.5, 0.6) is 0 Å². The fraction of sp³-hybridized carbons (Fsp3) is 0.500. The first-order valence-electron chi connectivity index (χ1n) is 12.9. The molecule has 37 heavy (non-hydrogen) atoms. The van der Waals surface area contributed by atoms with Crippen LogP contribution in [0.1, 0.15) is 79.0 Å². The van der Waals surface area contributed by atoms with Crippen molar-refractivity contribution in [3.05, 3.63) is 71.8 Å². The molecule has 0 heterocycles. The monoisotopic (exact) mass is 509 g/mol. The summed E-state index contributed by atoms with van der Waals surface area (Å²) < 4.78 is 5.46. The highest BCUT2D eigenvalue weighted by Crippen LogP contribution is 2.31. The number of hydrogen-bond acceptors (Lipinski definition) is 4. The first-order chi connectivity index (χ1) is 17.2. The zero-order valence-electron chi connectivity index (χ0n) is 23.5. The molecule has 7 nitrogen and oxygen atoms in total. The van der Waals surface area contributed by atoms with Crippen molar-refractivity contribution >= 4 is 17.9 Å². The van der Waals surface area contributed by atoms with Gasteiger partial charge in [0.05, 0.1) is 0 Å². The minimum atomic E-state index is -0.899. The van der Waals surface area contributed by atoms with Crippen molar-refractivity contribution < 1.29 is 19.1 Å². The number of alkyl carbamates (subject to hydrolysis) is 1. The van der Waals surface area contributed by atoms with Crippen LogP contribution in [0.2, 0.25) is 0 Å². The molecule has 0 saturated heterocycles. The van der Waals surface area contributed by atoms with E-state index in [1.165, 1.54) is 0 Å². The Morgan fingerprint density at radius 1 is 0.892 bits per heavy atom. The summed E-state index contributed by atoms with van der Waals surface area (Å²) in [6, 6.07) is 17.1. The van der Waals surface area contributed by atoms with Gasteiger partial charge in [-0.25, -0.2) is 4.79 Å². The van der Waals surface area contributed by atoms with Gasteiger partial charge in [-0.2, -0.15) is 0 Å². The van der Waals surface area contributed by atoms with Gasteiger partial charge >= 0.3 is 6.09 Å². The second-order valence-corrected chi connectivity index (χ2v) is 11.4. The van der Waals surface area contributed by atoms with E-state index in [0.29, 0.717) is 18.5 Å². The van der Waals surface area contributed by atoms with Crippen LogP contribution in [0.15, 0.2) is 60.7 Å². The topological polar surface area (TPSA) is 87.7 Å². The standard InChI is InChI=1S/C30H43N3O4/c1-9-21(2)24(32-28(36)37-30(6,7)8)27(35)33(29(3,4)5)25(23-18-14-11-15-19-23)26(34)31-20-22-16-12-10-13-17-22/h10-19,21,24-25H,9,20H2,1-8H3,(H,31,34)(H,32,36). The Morgan fingerprint density at radius 3 is 1.92 bits per heavy atom. The molecule has 202 valence electrons. The Morgan fingerprint density at radius 2 is 1.43 bits per heavy atom. The summed E-state index contributed by atoms with van der Waals surface area (Å²) in [5.41, 5.74) is 0.209. The average molecular weight is 510 g/mol. The summed E-state index contributed by atoms with van der Waals surface area (Å²) in [5, 5.41) is 5.81. The van der Waals surface area contributed by atoms with Crippen LogP contribution in [0.25, 0.3) is 0 Å². The van der Waals surface area contributed by atoms with Crippen molar-refractivity contribution in [2.45, 2.75) is 91.6 Å². The van der Waals surface area contributed by atoms with Gasteiger partial charge in [0.1, 0.15) is 17.7 Å². The molecule has 0 radical (unpaired) electrons. The van der Waals surface area contributed by atoms with E-state index in [2.05, 4.69) is 10.6 Å². The Bertz CT molecular complexity index is 1030. The van der Waals surface area contributed by atoms with Crippen molar-refractivity contribution in [1.82, 2.24) is 15.5 Å². The third-order valence-corrected chi connectivity index (χ3v) is 6.04. The molecule has 3 amide bonds. The van der Waals surface area contributed by atoms with Crippen LogP contribution in [-0.2, 0) is 20.9 Å². The van der Waals surface area contributed by atoms with E-state index >= 15 is 0 Å². The van der Waals surface area contributed by atoms with E-state index in [0.717, 1.165) is 5.56 Å². The Balaban J connectivity index is 2.48. The van der Waals surface area contributed by atoms with E-state index in [4.69, 9.17) is 4.74 Å². The number of carbonyl (C=O) groups excluding carboxylic acids is 3. The molecule has 0 bridgehead atoms. The fourth-order valence-electron chi connectivity index (χ4n) is 4.05. The Labute approximate surface area is 222 Å². The number of amides is 3. The minimum Gasteiger partial charge on any atom is -0.444 e. The minimum absolute atomic E-state index is 0.186. The molecular weight excluding hydrogens is 466 g/mol. The van der Waals surface area contributed by atoms with Crippen LogP contribution in [-0.4, -0.2) is 40.0 Å². The smallest absolute Gasteiger partial charge is 0.408 e. The van der Waals surface area contributed by atoms with E-state index in [1.807, 2.05) is 95.3 Å². The molecule has 0 aliphatic carbocycles. The molecule has 0 aliphatic rings.